The smallest absolute Gasteiger partial charge is 0.241 e. The summed E-state index contributed by atoms with van der Waals surface area (Å²) in [5.41, 5.74) is 2.86. The van der Waals surface area contributed by atoms with Gasteiger partial charge >= 0.3 is 0 Å². The van der Waals surface area contributed by atoms with Gasteiger partial charge in [-0.1, -0.05) is 18.6 Å². The SMILES string of the molecule is Cc1ccc(C)c(NC(=O)C2CC(S(=O)(=O)N3CCCCC3)CN2)c1. The van der Waals surface area contributed by atoms with Crippen molar-refractivity contribution in [3.63, 3.8) is 0 Å². The van der Waals surface area contributed by atoms with Crippen LogP contribution in [0, 0.1) is 13.8 Å². The number of benzene rings is 1. The summed E-state index contributed by atoms with van der Waals surface area (Å²) < 4.78 is 27.1. The van der Waals surface area contributed by atoms with Gasteiger partial charge in [0.15, 0.2) is 0 Å². The Balaban J connectivity index is 1.64. The summed E-state index contributed by atoms with van der Waals surface area (Å²) in [5.74, 6) is -0.162. The van der Waals surface area contributed by atoms with Crippen molar-refractivity contribution in [3.8, 4) is 0 Å². The van der Waals surface area contributed by atoms with E-state index in [0.717, 1.165) is 36.1 Å². The van der Waals surface area contributed by atoms with E-state index in [1.54, 1.807) is 4.31 Å². The fourth-order valence-corrected chi connectivity index (χ4v) is 5.48. The molecule has 7 heteroatoms. The number of hydrogen-bond donors (Lipinski definition) is 2. The number of amides is 1. The van der Waals surface area contributed by atoms with Crippen LogP contribution < -0.4 is 10.6 Å². The topological polar surface area (TPSA) is 78.5 Å². The van der Waals surface area contributed by atoms with Crippen molar-refractivity contribution >= 4 is 21.6 Å². The van der Waals surface area contributed by atoms with Gasteiger partial charge in [0.05, 0.1) is 11.3 Å². The van der Waals surface area contributed by atoms with Crippen molar-refractivity contribution in [2.24, 2.45) is 0 Å². The molecule has 0 spiro atoms. The van der Waals surface area contributed by atoms with E-state index >= 15 is 0 Å². The standard InChI is InChI=1S/C18H27N3O3S/c1-13-6-7-14(2)16(10-13)20-18(22)17-11-15(12-19-17)25(23,24)21-8-4-3-5-9-21/h6-7,10,15,17,19H,3-5,8-9,11-12H2,1-2H3,(H,20,22). The van der Waals surface area contributed by atoms with E-state index < -0.39 is 21.3 Å². The van der Waals surface area contributed by atoms with Crippen LogP contribution in [0.25, 0.3) is 0 Å². The Bertz CT molecular complexity index is 742. The first-order valence-corrected chi connectivity index (χ1v) is 10.5. The lowest BCUT2D eigenvalue weighted by atomic mass is 10.1. The Morgan fingerprint density at radius 1 is 1.20 bits per heavy atom. The van der Waals surface area contributed by atoms with Gasteiger partial charge in [0, 0.05) is 25.3 Å². The lowest BCUT2D eigenvalue weighted by Crippen LogP contribution is -2.42. The number of piperidine rings is 1. The molecule has 1 aromatic carbocycles. The zero-order valence-corrected chi connectivity index (χ0v) is 15.7. The molecule has 1 aromatic rings. The summed E-state index contributed by atoms with van der Waals surface area (Å²) >= 11 is 0. The highest BCUT2D eigenvalue weighted by atomic mass is 32.2. The molecule has 3 rings (SSSR count). The van der Waals surface area contributed by atoms with Crippen molar-refractivity contribution in [1.82, 2.24) is 9.62 Å². The van der Waals surface area contributed by atoms with Crippen LogP contribution in [0.3, 0.4) is 0 Å². The number of nitrogens with zero attached hydrogens (tertiary/aromatic N) is 1. The largest absolute Gasteiger partial charge is 0.324 e. The number of aryl methyl sites for hydroxylation is 2. The van der Waals surface area contributed by atoms with Crippen LogP contribution in [0.15, 0.2) is 18.2 Å². The number of anilines is 1. The van der Waals surface area contributed by atoms with Crippen molar-refractivity contribution < 1.29 is 13.2 Å². The molecule has 2 heterocycles. The van der Waals surface area contributed by atoms with Crippen molar-refractivity contribution in [2.45, 2.75) is 50.8 Å². The van der Waals surface area contributed by atoms with Gasteiger partial charge in [0.1, 0.15) is 0 Å². The maximum absolute atomic E-state index is 12.8. The van der Waals surface area contributed by atoms with Crippen molar-refractivity contribution in [3.05, 3.63) is 29.3 Å². The summed E-state index contributed by atoms with van der Waals surface area (Å²) in [6, 6.07) is 5.44. The van der Waals surface area contributed by atoms with Crippen LogP contribution in [0.2, 0.25) is 0 Å². The normalized spacial score (nSPS) is 25.0. The molecule has 0 aliphatic carbocycles. The lowest BCUT2D eigenvalue weighted by Gasteiger charge is -2.28. The average molecular weight is 365 g/mol. The van der Waals surface area contributed by atoms with Gasteiger partial charge in [-0.15, -0.1) is 0 Å². The third kappa shape index (κ3) is 4.04. The zero-order chi connectivity index (χ0) is 18.0. The molecule has 0 radical (unpaired) electrons. The molecule has 2 N–H and O–H groups in total. The van der Waals surface area contributed by atoms with Crippen LogP contribution in [0.1, 0.15) is 36.8 Å². The second-order valence-corrected chi connectivity index (χ2v) is 9.34. The van der Waals surface area contributed by atoms with Gasteiger partial charge in [-0.2, -0.15) is 0 Å². The Kier molecular flexibility index (Phi) is 5.46. The van der Waals surface area contributed by atoms with Crippen LogP contribution in [-0.4, -0.2) is 49.6 Å². The molecular weight excluding hydrogens is 338 g/mol. The fourth-order valence-electron chi connectivity index (χ4n) is 3.55. The maximum Gasteiger partial charge on any atom is 0.241 e. The third-order valence-electron chi connectivity index (χ3n) is 5.15. The highest BCUT2D eigenvalue weighted by Crippen LogP contribution is 2.24. The molecule has 25 heavy (non-hydrogen) atoms. The summed E-state index contributed by atoms with van der Waals surface area (Å²) in [5, 5.41) is 5.51. The highest BCUT2D eigenvalue weighted by molar-refractivity contribution is 7.89. The van der Waals surface area contributed by atoms with Gasteiger partial charge in [-0.05, 0) is 50.3 Å². The van der Waals surface area contributed by atoms with E-state index in [1.165, 1.54) is 0 Å². The van der Waals surface area contributed by atoms with Gasteiger partial charge in [0.2, 0.25) is 15.9 Å². The van der Waals surface area contributed by atoms with E-state index in [-0.39, 0.29) is 5.91 Å². The molecule has 0 saturated carbocycles. The molecule has 2 atom stereocenters. The molecule has 6 nitrogen and oxygen atoms in total. The Hall–Kier alpha value is -1.44. The molecule has 2 saturated heterocycles. The summed E-state index contributed by atoms with van der Waals surface area (Å²) in [4.78, 5) is 12.5. The van der Waals surface area contributed by atoms with Crippen LogP contribution >= 0.6 is 0 Å². The van der Waals surface area contributed by atoms with Crippen molar-refractivity contribution in [1.29, 1.82) is 0 Å². The maximum atomic E-state index is 12.8. The highest BCUT2D eigenvalue weighted by Gasteiger charge is 2.40. The number of rotatable bonds is 4. The minimum absolute atomic E-state index is 0.162. The summed E-state index contributed by atoms with van der Waals surface area (Å²) in [6.07, 6.45) is 3.27. The van der Waals surface area contributed by atoms with Gasteiger partial charge in [0.25, 0.3) is 0 Å². The number of carbonyl (C=O) groups is 1. The Morgan fingerprint density at radius 2 is 1.92 bits per heavy atom. The van der Waals surface area contributed by atoms with Gasteiger partial charge in [-0.3, -0.25) is 4.79 Å². The molecule has 0 aromatic heterocycles. The zero-order valence-electron chi connectivity index (χ0n) is 14.9. The van der Waals surface area contributed by atoms with Crippen LogP contribution in [-0.2, 0) is 14.8 Å². The Morgan fingerprint density at radius 3 is 2.64 bits per heavy atom. The molecule has 2 fully saturated rings. The van der Waals surface area contributed by atoms with E-state index in [1.807, 2.05) is 32.0 Å². The van der Waals surface area contributed by atoms with E-state index in [2.05, 4.69) is 10.6 Å². The minimum Gasteiger partial charge on any atom is -0.324 e. The first-order valence-electron chi connectivity index (χ1n) is 8.98. The molecule has 0 bridgehead atoms. The van der Waals surface area contributed by atoms with Gasteiger partial charge in [-0.25, -0.2) is 12.7 Å². The van der Waals surface area contributed by atoms with Gasteiger partial charge < -0.3 is 10.6 Å². The summed E-state index contributed by atoms with van der Waals surface area (Å²) in [6.45, 7) is 5.48. The second kappa shape index (κ2) is 7.43. The average Bonchev–Trinajstić information content (AvgIpc) is 3.10. The van der Waals surface area contributed by atoms with Crippen LogP contribution in [0.4, 0.5) is 5.69 Å². The van der Waals surface area contributed by atoms with E-state index in [4.69, 9.17) is 0 Å². The molecular formula is C18H27N3O3S. The first kappa shape index (κ1) is 18.4. The number of sulfonamides is 1. The molecule has 2 aliphatic rings. The van der Waals surface area contributed by atoms with E-state index in [9.17, 15) is 13.2 Å². The monoisotopic (exact) mass is 365 g/mol. The molecule has 2 aliphatic heterocycles. The predicted molar refractivity (Wildman–Crippen MR) is 99.1 cm³/mol. The number of hydrogen-bond acceptors (Lipinski definition) is 4. The lowest BCUT2D eigenvalue weighted by molar-refractivity contribution is -0.117. The van der Waals surface area contributed by atoms with Crippen LogP contribution in [0.5, 0.6) is 0 Å². The Labute approximate surface area is 150 Å². The number of carbonyl (C=O) groups excluding carboxylic acids is 1. The second-order valence-electron chi connectivity index (χ2n) is 7.13. The van der Waals surface area contributed by atoms with Crippen molar-refractivity contribution in [2.75, 3.05) is 25.0 Å². The number of nitrogens with one attached hydrogen (secondary N) is 2. The first-order chi connectivity index (χ1) is 11.9. The molecule has 138 valence electrons. The fraction of sp³-hybridized carbons (Fsp3) is 0.611. The summed E-state index contributed by atoms with van der Waals surface area (Å²) in [7, 11) is -3.33. The molecule has 1 amide bonds. The predicted octanol–water partition coefficient (Wildman–Crippen LogP) is 1.79. The minimum atomic E-state index is -3.33. The molecule has 2 unspecified atom stereocenters. The third-order valence-corrected chi connectivity index (χ3v) is 7.44. The quantitative estimate of drug-likeness (QED) is 0.853. The van der Waals surface area contributed by atoms with E-state index in [0.29, 0.717) is 26.1 Å².